The lowest BCUT2D eigenvalue weighted by Crippen LogP contribution is -1.99. The van der Waals surface area contributed by atoms with Crippen LogP contribution in [0.5, 0.6) is 0 Å². The van der Waals surface area contributed by atoms with Gasteiger partial charge in [-0.3, -0.25) is 4.52 Å². The normalized spacial score (nSPS) is 16.2. The Balaban J connectivity index is 4.40. The van der Waals surface area contributed by atoms with Crippen molar-refractivity contribution < 1.29 is 32.6 Å². The van der Waals surface area contributed by atoms with E-state index in [-0.39, 0.29) is 6.61 Å². The minimum absolute atomic E-state index is 0.237. The molecule has 0 rings (SSSR count). The van der Waals surface area contributed by atoms with E-state index in [0.29, 0.717) is 0 Å². The van der Waals surface area contributed by atoms with E-state index in [9.17, 15) is 14.0 Å². The largest absolute Gasteiger partial charge is 0.481 e. The van der Waals surface area contributed by atoms with E-state index in [1.165, 1.54) is 16.7 Å². The van der Waals surface area contributed by atoms with Gasteiger partial charge in [0.15, 0.2) is 0 Å². The van der Waals surface area contributed by atoms with Gasteiger partial charge in [-0.1, -0.05) is 40.5 Å². The van der Waals surface area contributed by atoms with Crippen LogP contribution >= 0.6 is 15.6 Å². The van der Waals surface area contributed by atoms with E-state index in [2.05, 4.69) is 54.8 Å². The summed E-state index contributed by atoms with van der Waals surface area (Å²) >= 11 is 0. The molecule has 0 aromatic carbocycles. The zero-order valence-electron chi connectivity index (χ0n) is 19.1. The van der Waals surface area contributed by atoms with Crippen molar-refractivity contribution in [1.82, 2.24) is 0 Å². The first-order valence-corrected chi connectivity index (χ1v) is 13.1. The molecule has 7 nitrogen and oxygen atoms in total. The van der Waals surface area contributed by atoms with Gasteiger partial charge in [0.2, 0.25) is 0 Å². The fourth-order valence-corrected chi connectivity index (χ4v) is 4.17. The monoisotopic (exact) mass is 464 g/mol. The van der Waals surface area contributed by atoms with Crippen LogP contribution in [0.4, 0.5) is 0 Å². The molecule has 0 amide bonds. The summed E-state index contributed by atoms with van der Waals surface area (Å²) in [6.45, 7) is 11.9. The highest BCUT2D eigenvalue weighted by molar-refractivity contribution is 7.60. The average molecular weight is 464 g/mol. The van der Waals surface area contributed by atoms with Crippen LogP contribution in [-0.2, 0) is 18.0 Å². The third-order valence-electron chi connectivity index (χ3n) is 4.52. The maximum atomic E-state index is 11.5. The lowest BCUT2D eigenvalue weighted by atomic mass is 10.0. The Kier molecular flexibility index (Phi) is 13.9. The highest BCUT2D eigenvalue weighted by Crippen LogP contribution is 2.57. The van der Waals surface area contributed by atoms with Crippen molar-refractivity contribution in [2.45, 2.75) is 80.1 Å². The van der Waals surface area contributed by atoms with Crippen LogP contribution in [0.2, 0.25) is 0 Å². The van der Waals surface area contributed by atoms with E-state index >= 15 is 0 Å². The molecular weight excluding hydrogens is 426 g/mol. The molecule has 0 aromatic rings. The third-order valence-corrected chi connectivity index (χ3v) is 6.65. The number of rotatable bonds is 14. The molecule has 174 valence electrons. The highest BCUT2D eigenvalue weighted by atomic mass is 31.3. The Morgan fingerprint density at radius 1 is 0.733 bits per heavy atom. The summed E-state index contributed by atoms with van der Waals surface area (Å²) in [5.74, 6) is 0. The van der Waals surface area contributed by atoms with Crippen LogP contribution in [0.15, 0.2) is 46.1 Å². The van der Waals surface area contributed by atoms with Crippen molar-refractivity contribution in [1.29, 1.82) is 0 Å². The first-order chi connectivity index (χ1) is 13.7. The predicted octanol–water partition coefficient (Wildman–Crippen LogP) is 6.75. The van der Waals surface area contributed by atoms with E-state index in [1.807, 2.05) is 6.92 Å². The molecule has 0 aromatic heterocycles. The fourth-order valence-electron chi connectivity index (χ4n) is 2.55. The molecule has 0 fully saturated rings. The number of hydrogen-bond donors (Lipinski definition) is 3. The Morgan fingerprint density at radius 3 is 1.67 bits per heavy atom. The third kappa shape index (κ3) is 17.0. The number of phosphoric acid groups is 2. The van der Waals surface area contributed by atoms with Gasteiger partial charge in [0.1, 0.15) is 0 Å². The predicted molar refractivity (Wildman–Crippen MR) is 122 cm³/mol. The van der Waals surface area contributed by atoms with Gasteiger partial charge in [-0.15, -0.1) is 0 Å². The first-order valence-electron chi connectivity index (χ1n) is 10.1. The minimum atomic E-state index is -5.09. The van der Waals surface area contributed by atoms with Crippen molar-refractivity contribution in [2.24, 2.45) is 0 Å². The molecule has 0 spiro atoms. The second kappa shape index (κ2) is 14.3. The lowest BCUT2D eigenvalue weighted by Gasteiger charge is -2.13. The van der Waals surface area contributed by atoms with Crippen LogP contribution in [0.3, 0.4) is 0 Å². The van der Waals surface area contributed by atoms with Crippen molar-refractivity contribution in [3.63, 3.8) is 0 Å². The molecule has 1 atom stereocenters. The van der Waals surface area contributed by atoms with Crippen LogP contribution in [0.25, 0.3) is 0 Å². The smallest absolute Gasteiger partial charge is 0.302 e. The van der Waals surface area contributed by atoms with Gasteiger partial charge in [-0.05, 0) is 85.6 Å². The van der Waals surface area contributed by atoms with E-state index in [1.54, 1.807) is 6.92 Å². The summed E-state index contributed by atoms with van der Waals surface area (Å²) in [6.07, 6.45) is 12.6. The van der Waals surface area contributed by atoms with Gasteiger partial charge >= 0.3 is 15.6 Å². The van der Waals surface area contributed by atoms with E-state index < -0.39 is 15.6 Å². The number of phosphoric ester groups is 1. The van der Waals surface area contributed by atoms with Crippen molar-refractivity contribution in [3.05, 3.63) is 46.1 Å². The average Bonchev–Trinajstić information content (AvgIpc) is 2.57. The van der Waals surface area contributed by atoms with Crippen molar-refractivity contribution in [2.75, 3.05) is 6.61 Å². The van der Waals surface area contributed by atoms with Gasteiger partial charge in [0.05, 0.1) is 6.61 Å². The van der Waals surface area contributed by atoms with Crippen LogP contribution in [0.1, 0.15) is 80.1 Å². The maximum Gasteiger partial charge on any atom is 0.481 e. The first kappa shape index (κ1) is 29.2. The molecule has 0 radical (unpaired) electrons. The molecule has 0 bridgehead atoms. The molecular formula is C21H38O7P2. The van der Waals surface area contributed by atoms with Gasteiger partial charge in [0, 0.05) is 0 Å². The highest BCUT2D eigenvalue weighted by Gasteiger charge is 2.32. The lowest BCUT2D eigenvalue weighted by molar-refractivity contribution is 0.188. The topological polar surface area (TPSA) is 113 Å². The Hall–Kier alpha value is -0.780. The molecule has 0 heterocycles. The summed E-state index contributed by atoms with van der Waals surface area (Å²) in [4.78, 5) is 26.5. The molecule has 30 heavy (non-hydrogen) atoms. The van der Waals surface area contributed by atoms with Crippen LogP contribution < -0.4 is 0 Å². The molecule has 9 heteroatoms. The summed E-state index contributed by atoms with van der Waals surface area (Å²) in [7, 11) is -9.89. The summed E-state index contributed by atoms with van der Waals surface area (Å²) in [5.41, 5.74) is 5.80. The molecule has 0 saturated heterocycles. The second-order valence-electron chi connectivity index (χ2n) is 7.87. The van der Waals surface area contributed by atoms with Gasteiger partial charge in [-0.2, -0.15) is 4.31 Å². The molecule has 0 aliphatic rings. The van der Waals surface area contributed by atoms with E-state index in [4.69, 9.17) is 9.79 Å². The SMILES string of the molecule is CC(C)=CCC/C(C)=C/CC/C(C)=C/CC/C(C)=C(\C)COP(=O)(O)OP(=O)(O)O. The maximum absolute atomic E-state index is 11.5. The van der Waals surface area contributed by atoms with E-state index in [0.717, 1.165) is 49.7 Å². The number of allylic oxidation sites excluding steroid dienone is 7. The zero-order valence-corrected chi connectivity index (χ0v) is 20.8. The molecule has 3 N–H and O–H groups in total. The minimum Gasteiger partial charge on any atom is -0.302 e. The summed E-state index contributed by atoms with van der Waals surface area (Å²) in [6, 6.07) is 0. The van der Waals surface area contributed by atoms with Gasteiger partial charge < -0.3 is 14.7 Å². The molecule has 0 aliphatic heterocycles. The van der Waals surface area contributed by atoms with Gasteiger partial charge in [-0.25, -0.2) is 9.13 Å². The summed E-state index contributed by atoms with van der Waals surface area (Å²) in [5, 5.41) is 0. The standard InChI is InChI=1S/C21H38O7P2/c1-17(2)10-7-11-18(3)12-8-13-19(4)14-9-15-20(5)21(6)16-27-30(25,26)28-29(22,23)24/h10,12,14H,7-9,11,13,15-16H2,1-6H3,(H,25,26)(H2,22,23,24)/b18-12+,19-14+,21-20+. The Bertz CT molecular complexity index is 753. The molecule has 0 saturated carbocycles. The quantitative estimate of drug-likeness (QED) is 0.192. The Morgan fingerprint density at radius 2 is 1.20 bits per heavy atom. The summed E-state index contributed by atoms with van der Waals surface area (Å²) < 4.78 is 30.5. The van der Waals surface area contributed by atoms with Crippen molar-refractivity contribution >= 4 is 15.6 Å². The number of hydrogen-bond acceptors (Lipinski definition) is 4. The fraction of sp³-hybridized carbons (Fsp3) is 0.619. The second-order valence-corrected chi connectivity index (χ2v) is 10.7. The molecule has 1 unspecified atom stereocenters. The Labute approximate surface area is 181 Å². The van der Waals surface area contributed by atoms with Crippen LogP contribution in [-0.4, -0.2) is 21.3 Å². The zero-order chi connectivity index (χ0) is 23.4. The van der Waals surface area contributed by atoms with Gasteiger partial charge in [0.25, 0.3) is 0 Å². The molecule has 0 aliphatic carbocycles. The van der Waals surface area contributed by atoms with Crippen molar-refractivity contribution in [3.8, 4) is 0 Å². The van der Waals surface area contributed by atoms with Crippen LogP contribution in [0, 0.1) is 0 Å².